The van der Waals surface area contributed by atoms with Crippen LogP contribution >= 0.6 is 11.3 Å². The standard InChI is InChI=1S/C20H22N2O4S/c1-11-10-14(7-8-15(11)26-4)17-12(2)27-19-18(17)20(25)22(13(3)21-19)9-5-6-16(23)24/h7-8,10H,5-6,9H2,1-4H3,(H,23,24). The van der Waals surface area contributed by atoms with Gasteiger partial charge in [-0.1, -0.05) is 6.07 Å². The summed E-state index contributed by atoms with van der Waals surface area (Å²) in [5.41, 5.74) is 2.73. The van der Waals surface area contributed by atoms with Gasteiger partial charge >= 0.3 is 5.97 Å². The van der Waals surface area contributed by atoms with Crippen molar-refractivity contribution in [2.45, 2.75) is 40.2 Å². The lowest BCUT2D eigenvalue weighted by molar-refractivity contribution is -0.137. The summed E-state index contributed by atoms with van der Waals surface area (Å²) < 4.78 is 6.91. The van der Waals surface area contributed by atoms with Crippen molar-refractivity contribution in [3.63, 3.8) is 0 Å². The summed E-state index contributed by atoms with van der Waals surface area (Å²) in [6.45, 7) is 6.09. The molecule has 0 saturated carbocycles. The highest BCUT2D eigenvalue weighted by atomic mass is 32.1. The molecule has 0 aliphatic rings. The fourth-order valence-corrected chi connectivity index (χ4v) is 4.41. The van der Waals surface area contributed by atoms with Crippen LogP contribution in [0, 0.1) is 20.8 Å². The number of aliphatic carboxylic acids is 1. The molecule has 0 unspecified atom stereocenters. The highest BCUT2D eigenvalue weighted by Gasteiger charge is 2.19. The molecule has 0 spiro atoms. The predicted molar refractivity (Wildman–Crippen MR) is 107 cm³/mol. The van der Waals surface area contributed by atoms with Crippen LogP contribution in [0.25, 0.3) is 21.3 Å². The van der Waals surface area contributed by atoms with E-state index in [1.54, 1.807) is 18.6 Å². The van der Waals surface area contributed by atoms with Gasteiger partial charge in [-0.05, 0) is 50.5 Å². The summed E-state index contributed by atoms with van der Waals surface area (Å²) >= 11 is 1.51. The van der Waals surface area contributed by atoms with Gasteiger partial charge in [-0.25, -0.2) is 4.98 Å². The van der Waals surface area contributed by atoms with Crippen molar-refractivity contribution >= 4 is 27.5 Å². The normalized spacial score (nSPS) is 11.1. The zero-order valence-corrected chi connectivity index (χ0v) is 16.6. The lowest BCUT2D eigenvalue weighted by Gasteiger charge is -2.11. The van der Waals surface area contributed by atoms with Crippen LogP contribution < -0.4 is 10.3 Å². The van der Waals surface area contributed by atoms with Crippen molar-refractivity contribution in [3.8, 4) is 16.9 Å². The monoisotopic (exact) mass is 386 g/mol. The van der Waals surface area contributed by atoms with Gasteiger partial charge in [0.2, 0.25) is 0 Å². The smallest absolute Gasteiger partial charge is 0.303 e. The molecule has 2 heterocycles. The molecule has 0 aliphatic carbocycles. The van der Waals surface area contributed by atoms with E-state index in [0.717, 1.165) is 27.3 Å². The molecule has 0 atom stereocenters. The molecule has 0 radical (unpaired) electrons. The molecule has 142 valence electrons. The summed E-state index contributed by atoms with van der Waals surface area (Å²) in [7, 11) is 1.63. The summed E-state index contributed by atoms with van der Waals surface area (Å²) in [6, 6.07) is 5.87. The number of methoxy groups -OCH3 is 1. The van der Waals surface area contributed by atoms with E-state index in [4.69, 9.17) is 9.84 Å². The third kappa shape index (κ3) is 3.60. The van der Waals surface area contributed by atoms with Crippen molar-refractivity contribution in [1.29, 1.82) is 0 Å². The second kappa shape index (κ2) is 7.52. The molecule has 1 aromatic carbocycles. The Kier molecular flexibility index (Phi) is 5.32. The molecule has 0 amide bonds. The lowest BCUT2D eigenvalue weighted by atomic mass is 10.0. The number of thiophene rings is 1. The Morgan fingerprint density at radius 2 is 2.04 bits per heavy atom. The van der Waals surface area contributed by atoms with E-state index in [9.17, 15) is 9.59 Å². The zero-order valence-electron chi connectivity index (χ0n) is 15.8. The van der Waals surface area contributed by atoms with Gasteiger partial charge in [-0.2, -0.15) is 0 Å². The topological polar surface area (TPSA) is 81.4 Å². The highest BCUT2D eigenvalue weighted by Crippen LogP contribution is 2.37. The molecule has 7 heteroatoms. The van der Waals surface area contributed by atoms with Crippen LogP contribution in [-0.2, 0) is 11.3 Å². The molecule has 3 rings (SSSR count). The van der Waals surface area contributed by atoms with Crippen molar-refractivity contribution < 1.29 is 14.6 Å². The highest BCUT2D eigenvalue weighted by molar-refractivity contribution is 7.19. The number of hydrogen-bond donors (Lipinski definition) is 1. The van der Waals surface area contributed by atoms with Gasteiger partial charge in [0.05, 0.1) is 12.5 Å². The molecule has 0 bridgehead atoms. The van der Waals surface area contributed by atoms with Crippen LogP contribution in [0.15, 0.2) is 23.0 Å². The van der Waals surface area contributed by atoms with Crippen LogP contribution in [0.3, 0.4) is 0 Å². The van der Waals surface area contributed by atoms with Gasteiger partial charge in [0, 0.05) is 23.4 Å². The van der Waals surface area contributed by atoms with E-state index >= 15 is 0 Å². The first-order valence-corrected chi connectivity index (χ1v) is 9.52. The van der Waals surface area contributed by atoms with Gasteiger partial charge in [-0.15, -0.1) is 11.3 Å². The number of ether oxygens (including phenoxy) is 1. The second-order valence-corrected chi connectivity index (χ2v) is 7.71. The van der Waals surface area contributed by atoms with Gasteiger partial charge in [0.15, 0.2) is 0 Å². The minimum Gasteiger partial charge on any atom is -0.496 e. The minimum atomic E-state index is -0.865. The molecule has 0 fully saturated rings. The van der Waals surface area contributed by atoms with E-state index < -0.39 is 5.97 Å². The summed E-state index contributed by atoms with van der Waals surface area (Å²) in [5, 5.41) is 9.46. The zero-order chi connectivity index (χ0) is 19.7. The Morgan fingerprint density at radius 3 is 2.67 bits per heavy atom. The van der Waals surface area contributed by atoms with Crippen LogP contribution in [0.4, 0.5) is 0 Å². The fourth-order valence-electron chi connectivity index (χ4n) is 3.33. The first-order chi connectivity index (χ1) is 12.8. The molecule has 27 heavy (non-hydrogen) atoms. The average molecular weight is 386 g/mol. The number of aryl methyl sites for hydroxylation is 3. The fraction of sp³-hybridized carbons (Fsp3) is 0.350. The number of benzene rings is 1. The molecule has 1 N–H and O–H groups in total. The first-order valence-electron chi connectivity index (χ1n) is 8.70. The summed E-state index contributed by atoms with van der Waals surface area (Å²) in [5.74, 6) is 0.545. The van der Waals surface area contributed by atoms with E-state index in [0.29, 0.717) is 29.0 Å². The molecular formula is C20H22N2O4S. The van der Waals surface area contributed by atoms with Gasteiger partial charge in [0.1, 0.15) is 16.4 Å². The van der Waals surface area contributed by atoms with Gasteiger partial charge in [0.25, 0.3) is 5.56 Å². The quantitative estimate of drug-likeness (QED) is 0.694. The number of aromatic nitrogens is 2. The molecule has 6 nitrogen and oxygen atoms in total. The van der Waals surface area contributed by atoms with Crippen molar-refractivity contribution in [3.05, 3.63) is 44.8 Å². The Balaban J connectivity index is 2.16. The van der Waals surface area contributed by atoms with Crippen molar-refractivity contribution in [1.82, 2.24) is 9.55 Å². The van der Waals surface area contributed by atoms with Gasteiger partial charge in [-0.3, -0.25) is 14.2 Å². The third-order valence-corrected chi connectivity index (χ3v) is 5.63. The lowest BCUT2D eigenvalue weighted by Crippen LogP contribution is -2.24. The summed E-state index contributed by atoms with van der Waals surface area (Å²) in [4.78, 5) is 30.3. The average Bonchev–Trinajstić information content (AvgIpc) is 2.93. The van der Waals surface area contributed by atoms with Crippen LogP contribution in [0.2, 0.25) is 0 Å². The molecular weight excluding hydrogens is 364 g/mol. The number of carbonyl (C=O) groups is 1. The Bertz CT molecular complexity index is 1080. The molecule has 0 saturated heterocycles. The van der Waals surface area contributed by atoms with Crippen molar-refractivity contribution in [2.75, 3.05) is 7.11 Å². The maximum absolute atomic E-state index is 13.2. The maximum atomic E-state index is 13.2. The largest absolute Gasteiger partial charge is 0.496 e. The SMILES string of the molecule is COc1ccc(-c2c(C)sc3nc(C)n(CCCC(=O)O)c(=O)c23)cc1C. The maximum Gasteiger partial charge on any atom is 0.303 e. The number of carboxylic acid groups (broad SMARTS) is 1. The predicted octanol–water partition coefficient (Wildman–Crippen LogP) is 3.92. The van der Waals surface area contributed by atoms with Crippen LogP contribution in [0.5, 0.6) is 5.75 Å². The van der Waals surface area contributed by atoms with Crippen LogP contribution in [-0.4, -0.2) is 27.7 Å². The number of nitrogens with zero attached hydrogens (tertiary/aromatic N) is 2. The van der Waals surface area contributed by atoms with E-state index in [1.807, 2.05) is 32.0 Å². The van der Waals surface area contributed by atoms with E-state index in [2.05, 4.69) is 4.98 Å². The van der Waals surface area contributed by atoms with E-state index in [-0.39, 0.29) is 12.0 Å². The number of rotatable bonds is 6. The molecule has 0 aliphatic heterocycles. The Hall–Kier alpha value is -2.67. The van der Waals surface area contributed by atoms with Gasteiger partial charge < -0.3 is 9.84 Å². The first kappa shape index (κ1) is 19.1. The third-order valence-electron chi connectivity index (χ3n) is 4.63. The Labute approximate surface area is 161 Å². The molecule has 3 aromatic rings. The number of fused-ring (bicyclic) bond motifs is 1. The number of hydrogen-bond acceptors (Lipinski definition) is 5. The Morgan fingerprint density at radius 1 is 1.30 bits per heavy atom. The van der Waals surface area contributed by atoms with E-state index in [1.165, 1.54) is 11.3 Å². The molecule has 2 aromatic heterocycles. The van der Waals surface area contributed by atoms with Crippen LogP contribution in [0.1, 0.15) is 29.1 Å². The summed E-state index contributed by atoms with van der Waals surface area (Å²) in [6.07, 6.45) is 0.417. The minimum absolute atomic E-state index is 0.0249. The second-order valence-electron chi connectivity index (χ2n) is 6.51. The van der Waals surface area contributed by atoms with Crippen molar-refractivity contribution in [2.24, 2.45) is 0 Å². The number of carboxylic acids is 1.